The number of nitrogens with zero attached hydrogens (tertiary/aromatic N) is 1. The van der Waals surface area contributed by atoms with Crippen LogP contribution in [0, 0.1) is 12.8 Å². The van der Waals surface area contributed by atoms with E-state index >= 15 is 0 Å². The van der Waals surface area contributed by atoms with E-state index in [-0.39, 0.29) is 5.41 Å². The normalized spacial score (nSPS) is 20.3. The fourth-order valence-corrected chi connectivity index (χ4v) is 1.68. The van der Waals surface area contributed by atoms with Gasteiger partial charge in [-0.15, -0.1) is 0 Å². The van der Waals surface area contributed by atoms with Gasteiger partial charge in [-0.2, -0.15) is 0 Å². The summed E-state index contributed by atoms with van der Waals surface area (Å²) >= 11 is 0. The van der Waals surface area contributed by atoms with Gasteiger partial charge in [-0.05, 0) is 12.8 Å². The second-order valence-corrected chi connectivity index (χ2v) is 4.14. The molecule has 1 aliphatic rings. The molecule has 1 aliphatic heterocycles. The zero-order chi connectivity index (χ0) is 9.47. The Morgan fingerprint density at radius 3 is 2.46 bits per heavy atom. The number of rotatable bonds is 2. The molecule has 72 valence electrons. The maximum atomic E-state index is 5.30. The minimum Gasteiger partial charge on any atom is -0.379 e. The fraction of sp³-hybridized carbons (Fsp3) is 0.700. The lowest BCUT2D eigenvalue weighted by Crippen LogP contribution is -2.50. The van der Waals surface area contributed by atoms with E-state index in [9.17, 15) is 0 Å². The molecule has 1 aromatic rings. The molecular formula is C10H15NO2. The summed E-state index contributed by atoms with van der Waals surface area (Å²) in [5, 5.41) is 3.92. The van der Waals surface area contributed by atoms with Gasteiger partial charge in [0, 0.05) is 6.07 Å². The maximum absolute atomic E-state index is 5.30. The van der Waals surface area contributed by atoms with Crippen molar-refractivity contribution in [3.63, 3.8) is 0 Å². The summed E-state index contributed by atoms with van der Waals surface area (Å²) in [5.41, 5.74) is 1.03. The summed E-state index contributed by atoms with van der Waals surface area (Å²) in [4.78, 5) is 0. The Balaban J connectivity index is 2.31. The van der Waals surface area contributed by atoms with Gasteiger partial charge in [0.05, 0.1) is 24.3 Å². The van der Waals surface area contributed by atoms with E-state index in [0.29, 0.717) is 5.92 Å². The number of ether oxygens (including phenoxy) is 1. The number of hydrogen-bond acceptors (Lipinski definition) is 3. The van der Waals surface area contributed by atoms with Gasteiger partial charge >= 0.3 is 0 Å². The van der Waals surface area contributed by atoms with Gasteiger partial charge in [0.25, 0.3) is 0 Å². The lowest BCUT2D eigenvalue weighted by atomic mass is 9.73. The van der Waals surface area contributed by atoms with Crippen LogP contribution in [0.15, 0.2) is 10.6 Å². The molecule has 1 fully saturated rings. The molecule has 0 aromatic carbocycles. The second kappa shape index (κ2) is 2.84. The fourth-order valence-electron chi connectivity index (χ4n) is 1.68. The first kappa shape index (κ1) is 8.75. The quantitative estimate of drug-likeness (QED) is 0.699. The van der Waals surface area contributed by atoms with E-state index < -0.39 is 0 Å². The molecule has 0 aliphatic carbocycles. The molecule has 2 heterocycles. The number of hydrogen-bond donors (Lipinski definition) is 0. The van der Waals surface area contributed by atoms with Gasteiger partial charge in [-0.25, -0.2) is 0 Å². The summed E-state index contributed by atoms with van der Waals surface area (Å²) in [5.74, 6) is 1.51. The van der Waals surface area contributed by atoms with Gasteiger partial charge in [-0.1, -0.05) is 19.0 Å². The van der Waals surface area contributed by atoms with E-state index in [4.69, 9.17) is 9.26 Å². The van der Waals surface area contributed by atoms with Crippen molar-refractivity contribution >= 4 is 0 Å². The van der Waals surface area contributed by atoms with Crippen LogP contribution in [0.2, 0.25) is 0 Å². The molecule has 0 amide bonds. The zero-order valence-corrected chi connectivity index (χ0v) is 8.33. The molecular weight excluding hydrogens is 166 g/mol. The van der Waals surface area contributed by atoms with E-state index in [0.717, 1.165) is 24.7 Å². The third-order valence-corrected chi connectivity index (χ3v) is 2.94. The third-order valence-electron chi connectivity index (χ3n) is 2.94. The lowest BCUT2D eigenvalue weighted by Gasteiger charge is -2.42. The van der Waals surface area contributed by atoms with Crippen molar-refractivity contribution in [3.8, 4) is 0 Å². The first-order valence-corrected chi connectivity index (χ1v) is 4.67. The molecule has 0 atom stereocenters. The van der Waals surface area contributed by atoms with Crippen LogP contribution >= 0.6 is 0 Å². The van der Waals surface area contributed by atoms with Gasteiger partial charge in [0.1, 0.15) is 5.76 Å². The SMILES string of the molecule is Cc1cc(C2(C(C)C)COC2)on1. The molecule has 0 spiro atoms. The van der Waals surface area contributed by atoms with Crippen molar-refractivity contribution in [2.45, 2.75) is 26.2 Å². The first-order valence-electron chi connectivity index (χ1n) is 4.67. The maximum Gasteiger partial charge on any atom is 0.148 e. The van der Waals surface area contributed by atoms with E-state index in [2.05, 4.69) is 19.0 Å². The van der Waals surface area contributed by atoms with Crippen molar-refractivity contribution in [2.75, 3.05) is 13.2 Å². The highest BCUT2D eigenvalue weighted by atomic mass is 16.5. The molecule has 0 N–H and O–H groups in total. The van der Waals surface area contributed by atoms with Gasteiger partial charge < -0.3 is 9.26 Å². The van der Waals surface area contributed by atoms with Crippen molar-refractivity contribution in [1.29, 1.82) is 0 Å². The van der Waals surface area contributed by atoms with Crippen LogP contribution in [0.3, 0.4) is 0 Å². The van der Waals surface area contributed by atoms with Gasteiger partial charge in [0.2, 0.25) is 0 Å². The number of aryl methyl sites for hydroxylation is 1. The predicted octanol–water partition coefficient (Wildman–Crippen LogP) is 1.91. The Morgan fingerprint density at radius 1 is 1.46 bits per heavy atom. The standard InChI is InChI=1S/C10H15NO2/c1-7(2)10(5-12-6-10)9-4-8(3)11-13-9/h4,7H,5-6H2,1-3H3. The Hall–Kier alpha value is -0.830. The smallest absolute Gasteiger partial charge is 0.148 e. The van der Waals surface area contributed by atoms with Crippen LogP contribution in [0.5, 0.6) is 0 Å². The lowest BCUT2D eigenvalue weighted by molar-refractivity contribution is -0.0955. The highest BCUT2D eigenvalue weighted by molar-refractivity contribution is 5.20. The summed E-state index contributed by atoms with van der Waals surface area (Å²) in [7, 11) is 0. The van der Waals surface area contributed by atoms with Gasteiger partial charge in [-0.3, -0.25) is 0 Å². The average Bonchev–Trinajstić information content (AvgIpc) is 2.32. The highest BCUT2D eigenvalue weighted by Gasteiger charge is 2.46. The van der Waals surface area contributed by atoms with Crippen molar-refractivity contribution in [1.82, 2.24) is 5.16 Å². The monoisotopic (exact) mass is 181 g/mol. The topological polar surface area (TPSA) is 35.3 Å². The third kappa shape index (κ3) is 1.18. The first-order chi connectivity index (χ1) is 6.15. The molecule has 0 unspecified atom stereocenters. The molecule has 2 rings (SSSR count). The predicted molar refractivity (Wildman–Crippen MR) is 48.6 cm³/mol. The van der Waals surface area contributed by atoms with Crippen molar-refractivity contribution in [3.05, 3.63) is 17.5 Å². The van der Waals surface area contributed by atoms with E-state index in [1.807, 2.05) is 13.0 Å². The van der Waals surface area contributed by atoms with Crippen LogP contribution in [-0.2, 0) is 10.2 Å². The Labute approximate surface area is 78.1 Å². The van der Waals surface area contributed by atoms with Gasteiger partial charge in [0.15, 0.2) is 0 Å². The van der Waals surface area contributed by atoms with E-state index in [1.165, 1.54) is 0 Å². The van der Waals surface area contributed by atoms with Crippen LogP contribution in [-0.4, -0.2) is 18.4 Å². The molecule has 1 saturated heterocycles. The second-order valence-electron chi connectivity index (χ2n) is 4.14. The number of aromatic nitrogens is 1. The summed E-state index contributed by atoms with van der Waals surface area (Å²) in [6, 6.07) is 2.02. The molecule has 1 aromatic heterocycles. The minimum absolute atomic E-state index is 0.0846. The van der Waals surface area contributed by atoms with Crippen LogP contribution in [0.25, 0.3) is 0 Å². The summed E-state index contributed by atoms with van der Waals surface area (Å²) in [6.07, 6.45) is 0. The molecule has 3 nitrogen and oxygen atoms in total. The van der Waals surface area contributed by atoms with E-state index in [1.54, 1.807) is 0 Å². The molecule has 0 saturated carbocycles. The Kier molecular flexibility index (Phi) is 1.91. The molecule has 13 heavy (non-hydrogen) atoms. The molecule has 3 heteroatoms. The Bertz CT molecular complexity index is 300. The molecule has 0 radical (unpaired) electrons. The van der Waals surface area contributed by atoms with Crippen molar-refractivity contribution in [2.24, 2.45) is 5.92 Å². The van der Waals surface area contributed by atoms with Crippen LogP contribution < -0.4 is 0 Å². The zero-order valence-electron chi connectivity index (χ0n) is 8.33. The Morgan fingerprint density at radius 2 is 2.15 bits per heavy atom. The summed E-state index contributed by atoms with van der Waals surface area (Å²) < 4.78 is 10.6. The van der Waals surface area contributed by atoms with Crippen LogP contribution in [0.4, 0.5) is 0 Å². The minimum atomic E-state index is 0.0846. The highest BCUT2D eigenvalue weighted by Crippen LogP contribution is 2.39. The van der Waals surface area contributed by atoms with Crippen molar-refractivity contribution < 1.29 is 9.26 Å². The largest absolute Gasteiger partial charge is 0.379 e. The average molecular weight is 181 g/mol. The summed E-state index contributed by atoms with van der Waals surface area (Å²) in [6.45, 7) is 7.86. The van der Waals surface area contributed by atoms with Crippen LogP contribution in [0.1, 0.15) is 25.3 Å². The molecule has 0 bridgehead atoms.